The molecule has 0 unspecified atom stereocenters. The normalized spacial score (nSPS) is 11.3. The van der Waals surface area contributed by atoms with Gasteiger partial charge in [-0.25, -0.2) is 4.79 Å². The average Bonchev–Trinajstić information content (AvgIpc) is 2.88. The van der Waals surface area contributed by atoms with Gasteiger partial charge < -0.3 is 15.2 Å². The van der Waals surface area contributed by atoms with Crippen LogP contribution in [-0.2, 0) is 11.2 Å². The Morgan fingerprint density at radius 2 is 1.95 bits per heavy atom. The summed E-state index contributed by atoms with van der Waals surface area (Å²) in [6.45, 7) is 0. The van der Waals surface area contributed by atoms with Gasteiger partial charge >= 0.3 is 5.97 Å². The van der Waals surface area contributed by atoms with E-state index in [1.165, 1.54) is 6.20 Å². The molecule has 6 heteroatoms. The number of pyridine rings is 1. The van der Waals surface area contributed by atoms with E-state index in [4.69, 9.17) is 10.2 Å². The van der Waals surface area contributed by atoms with Gasteiger partial charge in [-0.15, -0.1) is 0 Å². The number of aromatic nitrogens is 2. The van der Waals surface area contributed by atoms with Crippen molar-refractivity contribution in [3.05, 3.63) is 65.4 Å². The van der Waals surface area contributed by atoms with Crippen LogP contribution in [-0.4, -0.2) is 31.9 Å². The fourth-order valence-electron chi connectivity index (χ4n) is 1.68. The Labute approximate surface area is 114 Å². The maximum Gasteiger partial charge on any atom is 0.371 e. The van der Waals surface area contributed by atoms with E-state index in [9.17, 15) is 9.59 Å². The molecule has 20 heavy (non-hydrogen) atoms. The highest BCUT2D eigenvalue weighted by atomic mass is 16.4. The van der Waals surface area contributed by atoms with Gasteiger partial charge in [0.05, 0.1) is 0 Å². The summed E-state index contributed by atoms with van der Waals surface area (Å²) in [4.78, 5) is 29.0. The standard InChI is InChI=1S/C14H12N2O4/c17-12(7-13(18)14(19)20)10-6-11(16-8-10)5-9-1-3-15-4-2-9/h1-4,6-8,16,18H,5H2,(H,19,20)/b13-7-. The number of ketones is 1. The zero-order valence-corrected chi connectivity index (χ0v) is 10.4. The fourth-order valence-corrected chi connectivity index (χ4v) is 1.68. The molecule has 0 radical (unpaired) electrons. The summed E-state index contributed by atoms with van der Waals surface area (Å²) in [7, 11) is 0. The van der Waals surface area contributed by atoms with Crippen LogP contribution in [0.1, 0.15) is 21.6 Å². The molecule has 0 amide bonds. The number of carbonyl (C=O) groups excluding carboxylic acids is 1. The number of aliphatic hydroxyl groups excluding tert-OH is 1. The number of H-pyrrole nitrogens is 1. The molecule has 0 spiro atoms. The molecule has 0 fully saturated rings. The Balaban J connectivity index is 2.11. The molecule has 0 atom stereocenters. The number of aromatic amines is 1. The molecule has 0 aliphatic heterocycles. The van der Waals surface area contributed by atoms with Crippen LogP contribution in [0.3, 0.4) is 0 Å². The number of hydrogen-bond acceptors (Lipinski definition) is 4. The number of aliphatic carboxylic acids is 1. The van der Waals surface area contributed by atoms with Crippen LogP contribution < -0.4 is 0 Å². The van der Waals surface area contributed by atoms with Crippen molar-refractivity contribution in [3.63, 3.8) is 0 Å². The van der Waals surface area contributed by atoms with Crippen molar-refractivity contribution in [2.75, 3.05) is 0 Å². The molecule has 0 saturated heterocycles. The number of carboxylic acid groups (broad SMARTS) is 1. The molecule has 2 heterocycles. The molecule has 2 aromatic heterocycles. The van der Waals surface area contributed by atoms with Crippen molar-refractivity contribution >= 4 is 11.8 Å². The summed E-state index contributed by atoms with van der Waals surface area (Å²) in [5, 5.41) is 17.5. The maximum absolute atomic E-state index is 11.7. The molecule has 2 aromatic rings. The molecular formula is C14H12N2O4. The van der Waals surface area contributed by atoms with Crippen LogP contribution in [0.15, 0.2) is 48.6 Å². The second kappa shape index (κ2) is 5.83. The average molecular weight is 272 g/mol. The molecule has 0 aromatic carbocycles. The van der Waals surface area contributed by atoms with Gasteiger partial charge in [0.25, 0.3) is 0 Å². The molecule has 0 bridgehead atoms. The molecule has 0 aliphatic carbocycles. The SMILES string of the molecule is O=C(O)/C(O)=C/C(=O)c1c[nH]c(Cc2ccncc2)c1. The second-order valence-corrected chi connectivity index (χ2v) is 4.14. The van der Waals surface area contributed by atoms with Gasteiger partial charge in [0.2, 0.25) is 5.76 Å². The number of rotatable bonds is 5. The Bertz CT molecular complexity index is 659. The van der Waals surface area contributed by atoms with E-state index in [2.05, 4.69) is 9.97 Å². The first-order valence-electron chi connectivity index (χ1n) is 5.81. The highest BCUT2D eigenvalue weighted by Crippen LogP contribution is 2.11. The number of nitrogens with zero attached hydrogens (tertiary/aromatic N) is 1. The first kappa shape index (κ1) is 13.5. The lowest BCUT2D eigenvalue weighted by Crippen LogP contribution is -2.03. The van der Waals surface area contributed by atoms with Gasteiger partial charge in [-0.3, -0.25) is 9.78 Å². The van der Waals surface area contributed by atoms with Crippen molar-refractivity contribution in [1.82, 2.24) is 9.97 Å². The topological polar surface area (TPSA) is 103 Å². The fraction of sp³-hybridized carbons (Fsp3) is 0.0714. The van der Waals surface area contributed by atoms with Crippen LogP contribution in [0.5, 0.6) is 0 Å². The number of allylic oxidation sites excluding steroid dienone is 1. The monoisotopic (exact) mass is 272 g/mol. The zero-order valence-electron chi connectivity index (χ0n) is 10.4. The predicted molar refractivity (Wildman–Crippen MR) is 70.5 cm³/mol. The molecule has 0 saturated carbocycles. The largest absolute Gasteiger partial charge is 0.502 e. The molecule has 102 valence electrons. The van der Waals surface area contributed by atoms with E-state index in [1.807, 2.05) is 12.1 Å². The van der Waals surface area contributed by atoms with Crippen LogP contribution in [0.4, 0.5) is 0 Å². The summed E-state index contributed by atoms with van der Waals surface area (Å²) in [6, 6.07) is 5.34. The Kier molecular flexibility index (Phi) is 3.95. The van der Waals surface area contributed by atoms with Gasteiger partial charge in [-0.05, 0) is 23.8 Å². The van der Waals surface area contributed by atoms with Gasteiger partial charge in [0.1, 0.15) is 0 Å². The maximum atomic E-state index is 11.7. The van der Waals surface area contributed by atoms with Crippen molar-refractivity contribution in [2.24, 2.45) is 0 Å². The Hall–Kier alpha value is -2.89. The van der Waals surface area contributed by atoms with E-state index >= 15 is 0 Å². The minimum Gasteiger partial charge on any atom is -0.502 e. The third-order valence-electron chi connectivity index (χ3n) is 2.66. The highest BCUT2D eigenvalue weighted by molar-refractivity contribution is 6.07. The molecule has 3 N–H and O–H groups in total. The van der Waals surface area contributed by atoms with Crippen molar-refractivity contribution in [3.8, 4) is 0 Å². The van der Waals surface area contributed by atoms with Gasteiger partial charge in [-0.2, -0.15) is 0 Å². The summed E-state index contributed by atoms with van der Waals surface area (Å²) in [5.41, 5.74) is 2.13. The number of carbonyl (C=O) groups is 2. The van der Waals surface area contributed by atoms with Crippen LogP contribution >= 0.6 is 0 Å². The van der Waals surface area contributed by atoms with E-state index in [0.717, 1.165) is 11.3 Å². The van der Waals surface area contributed by atoms with Gasteiger partial charge in [-0.1, -0.05) is 0 Å². The van der Waals surface area contributed by atoms with Gasteiger partial charge in [0, 0.05) is 42.3 Å². The quantitative estimate of drug-likeness (QED) is 0.436. The minimum atomic E-state index is -1.54. The first-order chi connectivity index (χ1) is 9.56. The number of nitrogens with one attached hydrogen (secondary N) is 1. The number of carboxylic acids is 1. The number of aliphatic hydroxyl groups is 1. The van der Waals surface area contributed by atoms with Gasteiger partial charge in [0.15, 0.2) is 5.78 Å². The summed E-state index contributed by atoms with van der Waals surface area (Å²) in [5.74, 6) is -3.08. The van der Waals surface area contributed by atoms with E-state index < -0.39 is 17.5 Å². The Morgan fingerprint density at radius 1 is 1.25 bits per heavy atom. The lowest BCUT2D eigenvalue weighted by molar-refractivity contribution is -0.135. The second-order valence-electron chi connectivity index (χ2n) is 4.14. The third kappa shape index (κ3) is 3.32. The molecule has 0 aliphatic rings. The highest BCUT2D eigenvalue weighted by Gasteiger charge is 2.11. The smallest absolute Gasteiger partial charge is 0.371 e. The summed E-state index contributed by atoms with van der Waals surface area (Å²) < 4.78 is 0. The minimum absolute atomic E-state index is 0.293. The predicted octanol–water partition coefficient (Wildman–Crippen LogP) is 1.71. The van der Waals surface area contributed by atoms with E-state index in [-0.39, 0.29) is 0 Å². The van der Waals surface area contributed by atoms with Crippen molar-refractivity contribution < 1.29 is 19.8 Å². The molecular weight excluding hydrogens is 260 g/mol. The number of hydrogen-bond donors (Lipinski definition) is 3. The van der Waals surface area contributed by atoms with E-state index in [1.54, 1.807) is 18.5 Å². The van der Waals surface area contributed by atoms with E-state index in [0.29, 0.717) is 18.1 Å². The third-order valence-corrected chi connectivity index (χ3v) is 2.66. The van der Waals surface area contributed by atoms with Crippen LogP contribution in [0.25, 0.3) is 0 Å². The zero-order chi connectivity index (χ0) is 14.5. The molecule has 6 nitrogen and oxygen atoms in total. The lowest BCUT2D eigenvalue weighted by Gasteiger charge is -1.97. The van der Waals surface area contributed by atoms with Crippen LogP contribution in [0, 0.1) is 0 Å². The first-order valence-corrected chi connectivity index (χ1v) is 5.81. The lowest BCUT2D eigenvalue weighted by atomic mass is 10.1. The molecule has 2 rings (SSSR count). The summed E-state index contributed by atoms with van der Waals surface area (Å²) in [6.07, 6.45) is 6.12. The van der Waals surface area contributed by atoms with Crippen molar-refractivity contribution in [2.45, 2.75) is 6.42 Å². The summed E-state index contributed by atoms with van der Waals surface area (Å²) >= 11 is 0. The van der Waals surface area contributed by atoms with Crippen molar-refractivity contribution in [1.29, 1.82) is 0 Å². The van der Waals surface area contributed by atoms with Crippen LogP contribution in [0.2, 0.25) is 0 Å². The Morgan fingerprint density at radius 3 is 2.60 bits per heavy atom.